The first kappa shape index (κ1) is 27.1. The van der Waals surface area contributed by atoms with E-state index in [0.717, 1.165) is 52.2 Å². The number of nitrogens with zero attached hydrogens (tertiary/aromatic N) is 2. The number of rotatable bonds is 11. The van der Waals surface area contributed by atoms with Crippen LogP contribution in [0.1, 0.15) is 66.1 Å². The standard InChI is InChI=1S/C30H36N4O4/c1-6-7-22-14-20(4)33-29(35)25(22)17-31-30(36)27-16-23(15-26-28(19(2)3)32-18-34(26)27)21-8-10-24(11-9-21)38-13-12-37-5/h8-11,14-16,18-19H,6-7,12-13,17H2,1-5H3,(H,31,36)(H,33,35). The molecule has 200 valence electrons. The highest BCUT2D eigenvalue weighted by atomic mass is 16.5. The van der Waals surface area contributed by atoms with Crippen LogP contribution in [0.3, 0.4) is 0 Å². The van der Waals surface area contributed by atoms with E-state index in [0.29, 0.717) is 24.5 Å². The van der Waals surface area contributed by atoms with Gasteiger partial charge in [0, 0.05) is 24.9 Å². The molecule has 8 heteroatoms. The number of pyridine rings is 2. The highest BCUT2D eigenvalue weighted by molar-refractivity contribution is 5.95. The number of fused-ring (bicyclic) bond motifs is 1. The minimum atomic E-state index is -0.272. The van der Waals surface area contributed by atoms with Crippen molar-refractivity contribution in [1.29, 1.82) is 0 Å². The van der Waals surface area contributed by atoms with Crippen molar-refractivity contribution < 1.29 is 14.3 Å². The lowest BCUT2D eigenvalue weighted by Crippen LogP contribution is -2.29. The number of methoxy groups -OCH3 is 1. The Labute approximate surface area is 223 Å². The van der Waals surface area contributed by atoms with Gasteiger partial charge < -0.3 is 19.8 Å². The third-order valence-electron chi connectivity index (χ3n) is 6.51. The number of aromatic nitrogens is 3. The van der Waals surface area contributed by atoms with Gasteiger partial charge in [0.15, 0.2) is 0 Å². The van der Waals surface area contributed by atoms with E-state index in [9.17, 15) is 9.59 Å². The molecule has 0 unspecified atom stereocenters. The Morgan fingerprint density at radius 3 is 2.55 bits per heavy atom. The normalized spacial score (nSPS) is 11.3. The van der Waals surface area contributed by atoms with Crippen molar-refractivity contribution in [2.75, 3.05) is 20.3 Å². The highest BCUT2D eigenvalue weighted by Crippen LogP contribution is 2.29. The van der Waals surface area contributed by atoms with E-state index < -0.39 is 0 Å². The first-order valence-corrected chi connectivity index (χ1v) is 13.0. The molecule has 38 heavy (non-hydrogen) atoms. The van der Waals surface area contributed by atoms with Crippen molar-refractivity contribution in [2.45, 2.75) is 53.0 Å². The van der Waals surface area contributed by atoms with E-state index in [2.05, 4.69) is 42.1 Å². The quantitative estimate of drug-likeness (QED) is 0.273. The third-order valence-corrected chi connectivity index (χ3v) is 6.51. The lowest BCUT2D eigenvalue weighted by molar-refractivity contribution is 0.0944. The minimum absolute atomic E-state index is 0.148. The number of aromatic amines is 1. The van der Waals surface area contributed by atoms with Gasteiger partial charge in [-0.2, -0.15) is 0 Å². The Hall–Kier alpha value is -3.91. The van der Waals surface area contributed by atoms with Crippen LogP contribution < -0.4 is 15.6 Å². The Balaban J connectivity index is 1.68. The Bertz CT molecular complexity index is 1470. The summed E-state index contributed by atoms with van der Waals surface area (Å²) in [5, 5.41) is 2.98. The van der Waals surface area contributed by atoms with Gasteiger partial charge in [0.05, 0.1) is 17.8 Å². The van der Waals surface area contributed by atoms with Gasteiger partial charge >= 0.3 is 0 Å². The van der Waals surface area contributed by atoms with Crippen molar-refractivity contribution in [2.24, 2.45) is 0 Å². The molecule has 8 nitrogen and oxygen atoms in total. The first-order chi connectivity index (χ1) is 18.3. The van der Waals surface area contributed by atoms with Crippen LogP contribution in [0.15, 0.2) is 53.6 Å². The van der Waals surface area contributed by atoms with Gasteiger partial charge in [-0.25, -0.2) is 4.98 Å². The molecule has 0 fully saturated rings. The molecular formula is C30H36N4O4. The summed E-state index contributed by atoms with van der Waals surface area (Å²) in [4.78, 5) is 33.7. The van der Waals surface area contributed by atoms with Crippen molar-refractivity contribution >= 4 is 11.4 Å². The van der Waals surface area contributed by atoms with Gasteiger partial charge in [-0.15, -0.1) is 0 Å². The fraction of sp³-hybridized carbons (Fsp3) is 0.367. The molecule has 4 rings (SSSR count). The number of amides is 1. The number of hydrogen-bond acceptors (Lipinski definition) is 5. The van der Waals surface area contributed by atoms with Crippen LogP contribution in [0.2, 0.25) is 0 Å². The molecule has 1 amide bonds. The number of nitrogens with one attached hydrogen (secondary N) is 2. The topological polar surface area (TPSA) is 97.7 Å². The van der Waals surface area contributed by atoms with Crippen LogP contribution in [0.4, 0.5) is 0 Å². The summed E-state index contributed by atoms with van der Waals surface area (Å²) in [6.45, 7) is 9.25. The lowest BCUT2D eigenvalue weighted by atomic mass is 10.0. The monoisotopic (exact) mass is 516 g/mol. The van der Waals surface area contributed by atoms with Crippen molar-refractivity contribution in [3.63, 3.8) is 0 Å². The number of ether oxygens (including phenoxy) is 2. The van der Waals surface area contributed by atoms with E-state index in [1.54, 1.807) is 13.4 Å². The zero-order chi connectivity index (χ0) is 27.2. The van der Waals surface area contributed by atoms with Crippen molar-refractivity contribution in [3.05, 3.63) is 87.4 Å². The zero-order valence-corrected chi connectivity index (χ0v) is 22.8. The van der Waals surface area contributed by atoms with E-state index in [4.69, 9.17) is 9.47 Å². The number of imidazole rings is 1. The molecule has 4 aromatic rings. The van der Waals surface area contributed by atoms with Crippen LogP contribution in [0.25, 0.3) is 16.6 Å². The number of H-pyrrole nitrogens is 1. The van der Waals surface area contributed by atoms with Crippen molar-refractivity contribution in [3.8, 4) is 16.9 Å². The largest absolute Gasteiger partial charge is 0.491 e. The predicted molar refractivity (Wildman–Crippen MR) is 149 cm³/mol. The summed E-state index contributed by atoms with van der Waals surface area (Å²) in [6.07, 6.45) is 3.38. The van der Waals surface area contributed by atoms with E-state index in [1.807, 2.05) is 47.7 Å². The van der Waals surface area contributed by atoms with E-state index in [1.165, 1.54) is 0 Å². The molecule has 3 aromatic heterocycles. The fourth-order valence-electron chi connectivity index (χ4n) is 4.62. The van der Waals surface area contributed by atoms with Gasteiger partial charge in [0.2, 0.25) is 0 Å². The van der Waals surface area contributed by atoms with Gasteiger partial charge in [0.1, 0.15) is 24.4 Å². The predicted octanol–water partition coefficient (Wildman–Crippen LogP) is 5.03. The van der Waals surface area contributed by atoms with Crippen LogP contribution in [-0.2, 0) is 17.7 Å². The Kier molecular flexibility index (Phi) is 8.63. The molecule has 0 radical (unpaired) electrons. The third kappa shape index (κ3) is 5.97. The van der Waals surface area contributed by atoms with E-state index >= 15 is 0 Å². The molecule has 0 atom stereocenters. The molecule has 0 aliphatic carbocycles. The van der Waals surface area contributed by atoms with Crippen LogP contribution in [0.5, 0.6) is 5.75 Å². The van der Waals surface area contributed by atoms with Crippen LogP contribution >= 0.6 is 0 Å². The summed E-state index contributed by atoms with van der Waals surface area (Å²) in [5.41, 5.74) is 6.32. The van der Waals surface area contributed by atoms with Gasteiger partial charge in [-0.05, 0) is 66.3 Å². The lowest BCUT2D eigenvalue weighted by Gasteiger charge is -2.14. The summed E-state index contributed by atoms with van der Waals surface area (Å²) in [5.74, 6) is 0.667. The second kappa shape index (κ2) is 12.1. The molecule has 0 saturated heterocycles. The molecule has 1 aromatic carbocycles. The summed E-state index contributed by atoms with van der Waals surface area (Å²) < 4.78 is 12.6. The van der Waals surface area contributed by atoms with Crippen LogP contribution in [-0.4, -0.2) is 40.6 Å². The molecule has 0 bridgehead atoms. The molecule has 2 N–H and O–H groups in total. The average molecular weight is 517 g/mol. The van der Waals surface area contributed by atoms with Gasteiger partial charge in [0.25, 0.3) is 11.5 Å². The van der Waals surface area contributed by atoms with E-state index in [-0.39, 0.29) is 23.9 Å². The summed E-state index contributed by atoms with van der Waals surface area (Å²) in [7, 11) is 1.64. The maximum atomic E-state index is 13.5. The molecule has 3 heterocycles. The minimum Gasteiger partial charge on any atom is -0.491 e. The fourth-order valence-corrected chi connectivity index (χ4v) is 4.62. The highest BCUT2D eigenvalue weighted by Gasteiger charge is 2.18. The average Bonchev–Trinajstić information content (AvgIpc) is 3.32. The number of benzene rings is 1. The second-order valence-corrected chi connectivity index (χ2v) is 9.75. The molecule has 0 aliphatic heterocycles. The van der Waals surface area contributed by atoms with Crippen molar-refractivity contribution in [1.82, 2.24) is 19.7 Å². The number of hydrogen-bond donors (Lipinski definition) is 2. The number of carbonyl (C=O) groups is 1. The smallest absolute Gasteiger partial charge is 0.268 e. The zero-order valence-electron chi connectivity index (χ0n) is 22.8. The van der Waals surface area contributed by atoms with Gasteiger partial charge in [-0.3, -0.25) is 14.0 Å². The maximum absolute atomic E-state index is 13.5. The first-order valence-electron chi connectivity index (χ1n) is 13.0. The molecular weight excluding hydrogens is 480 g/mol. The van der Waals surface area contributed by atoms with Crippen LogP contribution in [0, 0.1) is 6.92 Å². The molecule has 0 spiro atoms. The summed E-state index contributed by atoms with van der Waals surface area (Å²) >= 11 is 0. The van der Waals surface area contributed by atoms with Gasteiger partial charge in [-0.1, -0.05) is 39.3 Å². The maximum Gasteiger partial charge on any atom is 0.268 e. The number of aryl methyl sites for hydroxylation is 2. The Morgan fingerprint density at radius 1 is 1.11 bits per heavy atom. The second-order valence-electron chi connectivity index (χ2n) is 9.75. The molecule has 0 aliphatic rings. The Morgan fingerprint density at radius 2 is 1.87 bits per heavy atom. The summed E-state index contributed by atoms with van der Waals surface area (Å²) in [6, 6.07) is 13.7. The SMILES string of the molecule is CCCc1cc(C)[nH]c(=O)c1CNC(=O)c1cc(-c2ccc(OCCOC)cc2)cc2c(C(C)C)ncn12. The number of carbonyl (C=O) groups excluding carboxylic acids is 1. The molecule has 0 saturated carbocycles.